The van der Waals surface area contributed by atoms with Crippen LogP contribution in [0, 0.1) is 0 Å². The lowest BCUT2D eigenvalue weighted by atomic mass is 9.92. The molecule has 0 aliphatic carbocycles. The third-order valence-electron chi connectivity index (χ3n) is 14.6. The number of hydrogen-bond acceptors (Lipinski definition) is 1. The van der Waals surface area contributed by atoms with Crippen LogP contribution < -0.4 is 9.58 Å². The van der Waals surface area contributed by atoms with Crippen molar-refractivity contribution in [1.29, 1.82) is 0 Å². The summed E-state index contributed by atoms with van der Waals surface area (Å²) in [6, 6.07) is 97.5. The Balaban J connectivity index is 0.971. The molecule has 0 bridgehead atoms. The molecule has 0 fully saturated rings. The maximum absolute atomic E-state index is 2.46. The minimum absolute atomic E-state index is 1.06. The molecule has 0 radical (unpaired) electrons. The Kier molecular flexibility index (Phi) is 9.85. The van der Waals surface area contributed by atoms with E-state index in [9.17, 15) is 0 Å². The number of rotatable bonds is 8. The van der Waals surface area contributed by atoms with Crippen LogP contribution in [0.1, 0.15) is 0 Å². The van der Waals surface area contributed by atoms with E-state index in [4.69, 9.17) is 0 Å². The molecule has 3 heteroatoms. The van der Waals surface area contributed by atoms with Crippen LogP contribution >= 0.6 is 0 Å². The molecule has 0 amide bonds. The first kappa shape index (κ1) is 41.4. The number of hydrogen-bond donors (Lipinski definition) is 0. The molecule has 0 atom stereocenters. The second-order valence-corrected chi connectivity index (χ2v) is 18.7. The Morgan fingerprint density at radius 2 is 0.792 bits per heavy atom. The first-order chi connectivity index (χ1) is 35.7. The zero-order valence-electron chi connectivity index (χ0n) is 39.4. The number of pyridine rings is 1. The van der Waals surface area contributed by atoms with E-state index in [1.807, 2.05) is 0 Å². The summed E-state index contributed by atoms with van der Waals surface area (Å²) in [6.07, 6.45) is 4.47. The van der Waals surface area contributed by atoms with Gasteiger partial charge in [-0.15, -0.1) is 4.68 Å². The van der Waals surface area contributed by atoms with Gasteiger partial charge in [-0.1, -0.05) is 205 Å². The highest BCUT2D eigenvalue weighted by molar-refractivity contribution is 6.25. The monoisotopic (exact) mass is 916 g/mol. The minimum atomic E-state index is 1.06. The van der Waals surface area contributed by atoms with Crippen LogP contribution in [0.15, 0.2) is 279 Å². The van der Waals surface area contributed by atoms with E-state index < -0.39 is 0 Å². The van der Waals surface area contributed by atoms with Gasteiger partial charge >= 0.3 is 0 Å². The Morgan fingerprint density at radius 1 is 0.278 bits per heavy atom. The van der Waals surface area contributed by atoms with Gasteiger partial charge in [-0.05, 0) is 132 Å². The van der Waals surface area contributed by atoms with E-state index in [2.05, 4.69) is 294 Å². The normalized spacial score (nSPS) is 11.6. The molecule has 72 heavy (non-hydrogen) atoms. The lowest BCUT2D eigenvalue weighted by Gasteiger charge is -2.30. The van der Waals surface area contributed by atoms with Gasteiger partial charge in [0.1, 0.15) is 11.0 Å². The van der Waals surface area contributed by atoms with Gasteiger partial charge in [-0.3, -0.25) is 0 Å². The molecule has 2 heterocycles. The number of para-hydroxylation sites is 2. The molecule has 12 aromatic carbocycles. The molecule has 0 aliphatic heterocycles. The molecule has 0 saturated carbocycles. The second kappa shape index (κ2) is 17.1. The van der Waals surface area contributed by atoms with Gasteiger partial charge in [0.2, 0.25) is 12.4 Å². The number of anilines is 3. The molecule has 14 rings (SSSR count). The highest BCUT2D eigenvalue weighted by Crippen LogP contribution is 2.47. The number of nitrogens with zero attached hydrogens (tertiary/aromatic N) is 3. The minimum Gasteiger partial charge on any atom is -0.309 e. The molecule has 0 saturated heterocycles. The molecule has 3 nitrogen and oxygen atoms in total. The van der Waals surface area contributed by atoms with Crippen LogP contribution in [-0.2, 0) is 0 Å². The first-order valence-corrected chi connectivity index (χ1v) is 24.7. The molecule has 0 spiro atoms. The van der Waals surface area contributed by atoms with E-state index in [0.717, 1.165) is 61.5 Å². The Hall–Kier alpha value is -9.57. The lowest BCUT2D eigenvalue weighted by molar-refractivity contribution is -0.720. The predicted molar refractivity (Wildman–Crippen MR) is 303 cm³/mol. The summed E-state index contributed by atoms with van der Waals surface area (Å²) in [7, 11) is 0. The maximum Gasteiger partial charge on any atom is 0.208 e. The van der Waals surface area contributed by atoms with Crippen LogP contribution in [0.3, 0.4) is 0 Å². The van der Waals surface area contributed by atoms with Crippen molar-refractivity contribution in [2.24, 2.45) is 0 Å². The summed E-state index contributed by atoms with van der Waals surface area (Å²) in [5.41, 5.74) is 14.7. The fourth-order valence-electron chi connectivity index (χ4n) is 11.2. The highest BCUT2D eigenvalue weighted by atomic mass is 15.4. The quantitative estimate of drug-likeness (QED) is 0.109. The van der Waals surface area contributed by atoms with Crippen molar-refractivity contribution in [3.63, 3.8) is 0 Å². The van der Waals surface area contributed by atoms with Gasteiger partial charge in [0.05, 0.1) is 16.9 Å². The van der Waals surface area contributed by atoms with Gasteiger partial charge < -0.3 is 4.90 Å². The molecule has 14 aromatic rings. The zero-order chi connectivity index (χ0) is 47.5. The third-order valence-corrected chi connectivity index (χ3v) is 14.6. The Labute approximate surface area is 417 Å². The van der Waals surface area contributed by atoms with Crippen molar-refractivity contribution in [3.05, 3.63) is 279 Å². The molecule has 336 valence electrons. The maximum atomic E-state index is 2.46. The number of benzene rings is 12. The summed E-state index contributed by atoms with van der Waals surface area (Å²) >= 11 is 0. The third kappa shape index (κ3) is 6.94. The molecule has 0 unspecified atom stereocenters. The fourth-order valence-corrected chi connectivity index (χ4v) is 11.2. The van der Waals surface area contributed by atoms with Crippen LogP contribution in [0.4, 0.5) is 17.1 Å². The Morgan fingerprint density at radius 3 is 1.53 bits per heavy atom. The second-order valence-electron chi connectivity index (χ2n) is 18.7. The summed E-state index contributed by atoms with van der Waals surface area (Å²) in [6.45, 7) is 0. The van der Waals surface area contributed by atoms with E-state index in [0.29, 0.717) is 0 Å². The van der Waals surface area contributed by atoms with Gasteiger partial charge in [-0.2, -0.15) is 0 Å². The smallest absolute Gasteiger partial charge is 0.208 e. The van der Waals surface area contributed by atoms with Crippen molar-refractivity contribution < 1.29 is 4.68 Å². The molecule has 2 aromatic heterocycles. The van der Waals surface area contributed by atoms with Crippen molar-refractivity contribution in [1.82, 2.24) is 4.68 Å². The number of aromatic nitrogens is 2. The Bertz CT molecular complexity index is 4350. The summed E-state index contributed by atoms with van der Waals surface area (Å²) < 4.78 is 4.63. The SMILES string of the molecule is c1ccc(-c2ccc(N(c3ccc(-c4ccc5c6ccccc6c6ccccc6c5c4)cc3)c3ccccc3-c3ccccc3)c(-c3ccc[n+](-n4c5ccccc5c5cc6ccccc6cc54)c3)c2)cc1. The fraction of sp³-hybridized carbons (Fsp3) is 0. The van der Waals surface area contributed by atoms with Crippen molar-refractivity contribution in [3.8, 4) is 44.5 Å². The lowest BCUT2D eigenvalue weighted by Crippen LogP contribution is -2.40. The summed E-state index contributed by atoms with van der Waals surface area (Å²) in [4.78, 5) is 2.46. The van der Waals surface area contributed by atoms with Gasteiger partial charge in [0, 0.05) is 33.7 Å². The van der Waals surface area contributed by atoms with E-state index in [1.54, 1.807) is 0 Å². The zero-order valence-corrected chi connectivity index (χ0v) is 39.4. The molecule has 0 N–H and O–H groups in total. The number of fused-ring (bicyclic) bond motifs is 10. The van der Waals surface area contributed by atoms with Crippen LogP contribution in [-0.4, -0.2) is 4.68 Å². The molecule has 0 aliphatic rings. The topological polar surface area (TPSA) is 12.1 Å². The van der Waals surface area contributed by atoms with E-state index >= 15 is 0 Å². The standard InChI is InChI=1S/C69H46N3/c1-3-18-47(19-4-1)53-36-40-67(63(42-53)54-24-17-41-70(46-54)72-68-32-16-14-30-62(68)65-44-50-22-7-8-23-51(50)45-69(65)72)71(66-31-15-13-25-56(66)49-20-5-2-6-21-49)55-37-33-48(34-38-55)52-35-39-61-59-28-10-9-26-57(59)58-27-11-12-29-60(58)64(61)43-52/h1-46H/q+1. The van der Waals surface area contributed by atoms with Crippen LogP contribution in [0.5, 0.6) is 0 Å². The van der Waals surface area contributed by atoms with Crippen LogP contribution in [0.2, 0.25) is 0 Å². The van der Waals surface area contributed by atoms with Gasteiger partial charge in [-0.25, -0.2) is 0 Å². The first-order valence-electron chi connectivity index (χ1n) is 24.7. The molecular weight excluding hydrogens is 871 g/mol. The average molecular weight is 917 g/mol. The summed E-state index contributed by atoms with van der Waals surface area (Å²) in [5.74, 6) is 0. The van der Waals surface area contributed by atoms with Crippen molar-refractivity contribution in [2.45, 2.75) is 0 Å². The average Bonchev–Trinajstić information content (AvgIpc) is 3.78. The van der Waals surface area contributed by atoms with Gasteiger partial charge in [0.15, 0.2) is 0 Å². The van der Waals surface area contributed by atoms with Crippen molar-refractivity contribution >= 4 is 82.0 Å². The molecular formula is C69H46N3+. The van der Waals surface area contributed by atoms with Gasteiger partial charge in [0.25, 0.3) is 0 Å². The highest BCUT2D eigenvalue weighted by Gasteiger charge is 2.24. The van der Waals surface area contributed by atoms with E-state index in [1.165, 1.54) is 65.0 Å². The predicted octanol–water partition coefficient (Wildman–Crippen LogP) is 18.1. The van der Waals surface area contributed by atoms with E-state index in [-0.39, 0.29) is 0 Å². The largest absolute Gasteiger partial charge is 0.309 e. The van der Waals surface area contributed by atoms with Crippen molar-refractivity contribution in [2.75, 3.05) is 4.90 Å². The summed E-state index contributed by atoms with van der Waals surface area (Å²) in [5, 5.41) is 12.6. The van der Waals surface area contributed by atoms with Crippen LogP contribution in [0.25, 0.3) is 109 Å².